The zero-order chi connectivity index (χ0) is 33.2. The van der Waals surface area contributed by atoms with Gasteiger partial charge in [0.15, 0.2) is 34.9 Å². The highest BCUT2D eigenvalue weighted by atomic mass is 79.9. The molecule has 0 aliphatic heterocycles. The summed E-state index contributed by atoms with van der Waals surface area (Å²) in [5.74, 6) is -7.69. The molecule has 4 aromatic carbocycles. The lowest BCUT2D eigenvalue weighted by Crippen LogP contribution is -2.08. The molecule has 4 rings (SSSR count). The van der Waals surface area contributed by atoms with E-state index in [9.17, 15) is 26.3 Å². The molecule has 44 heavy (non-hydrogen) atoms. The minimum atomic E-state index is -1.58. The van der Waals surface area contributed by atoms with Crippen LogP contribution in [0, 0.1) is 62.6 Å². The standard InChI is InChI=1S/C32H26Br2F6O2.C2H6/c1-13-25(17-7-21(35)29(39)22(36)8-17)19(11-33)27(15(3)31(13)41-5)28-16(4)32(42-6)14(2)26(20(28)12-34)18-9-23(37)30(40)24(38)10-18;1-2/h7-10H,11-12H2,1-6H3;1-2H3. The van der Waals surface area contributed by atoms with E-state index in [2.05, 4.69) is 31.9 Å². The lowest BCUT2D eigenvalue weighted by molar-refractivity contribution is 0.408. The number of benzene rings is 4. The molecule has 0 amide bonds. The van der Waals surface area contributed by atoms with E-state index in [0.29, 0.717) is 67.1 Å². The summed E-state index contributed by atoms with van der Waals surface area (Å²) in [7, 11) is 2.93. The summed E-state index contributed by atoms with van der Waals surface area (Å²) < 4.78 is 97.3. The zero-order valence-electron chi connectivity index (χ0n) is 25.6. The number of hydrogen-bond acceptors (Lipinski definition) is 2. The number of rotatable bonds is 7. The molecule has 0 atom stereocenters. The maximum atomic E-state index is 14.5. The summed E-state index contributed by atoms with van der Waals surface area (Å²) in [6.45, 7) is 11.1. The molecule has 0 heterocycles. The van der Waals surface area contributed by atoms with E-state index in [1.807, 2.05) is 27.7 Å². The van der Waals surface area contributed by atoms with Crippen LogP contribution in [0.5, 0.6) is 11.5 Å². The van der Waals surface area contributed by atoms with Gasteiger partial charge in [0, 0.05) is 10.7 Å². The van der Waals surface area contributed by atoms with Crippen molar-refractivity contribution in [3.63, 3.8) is 0 Å². The van der Waals surface area contributed by atoms with Gasteiger partial charge in [-0.1, -0.05) is 45.7 Å². The normalized spacial score (nSPS) is 10.9. The summed E-state index contributed by atoms with van der Waals surface area (Å²) in [5.41, 5.74) is 5.96. The van der Waals surface area contributed by atoms with Crippen molar-refractivity contribution in [2.24, 2.45) is 0 Å². The molecule has 0 saturated heterocycles. The van der Waals surface area contributed by atoms with Crippen molar-refractivity contribution in [3.05, 3.63) is 92.5 Å². The first-order chi connectivity index (χ1) is 20.8. The molecule has 0 bridgehead atoms. The van der Waals surface area contributed by atoms with Crippen molar-refractivity contribution < 1.29 is 35.8 Å². The average molecular weight is 746 g/mol. The Morgan fingerprint density at radius 2 is 0.750 bits per heavy atom. The largest absolute Gasteiger partial charge is 0.496 e. The number of alkyl halides is 2. The lowest BCUT2D eigenvalue weighted by Gasteiger charge is -2.28. The Kier molecular flexibility index (Phi) is 11.6. The monoisotopic (exact) mass is 744 g/mol. The van der Waals surface area contributed by atoms with Gasteiger partial charge in [-0.15, -0.1) is 0 Å². The first-order valence-corrected chi connectivity index (χ1v) is 15.9. The topological polar surface area (TPSA) is 18.5 Å². The minimum absolute atomic E-state index is 0.0953. The van der Waals surface area contributed by atoms with Crippen molar-refractivity contribution in [3.8, 4) is 44.9 Å². The Bertz CT molecular complexity index is 1560. The van der Waals surface area contributed by atoms with Gasteiger partial charge in [-0.2, -0.15) is 0 Å². The van der Waals surface area contributed by atoms with Crippen LogP contribution in [0.1, 0.15) is 47.2 Å². The maximum Gasteiger partial charge on any atom is 0.194 e. The Balaban J connectivity index is 0.00000259. The smallest absolute Gasteiger partial charge is 0.194 e. The highest BCUT2D eigenvalue weighted by Gasteiger charge is 2.29. The molecule has 0 saturated carbocycles. The number of halogens is 8. The molecule has 0 fully saturated rings. The van der Waals surface area contributed by atoms with E-state index in [-0.39, 0.29) is 21.8 Å². The van der Waals surface area contributed by atoms with Crippen molar-refractivity contribution in [2.45, 2.75) is 52.2 Å². The molecule has 0 N–H and O–H groups in total. The van der Waals surface area contributed by atoms with E-state index >= 15 is 0 Å². The van der Waals surface area contributed by atoms with E-state index in [1.165, 1.54) is 14.2 Å². The van der Waals surface area contributed by atoms with Crippen LogP contribution in [-0.2, 0) is 10.7 Å². The van der Waals surface area contributed by atoms with E-state index in [1.54, 1.807) is 13.8 Å². The number of hydrogen-bond donors (Lipinski definition) is 0. The number of ether oxygens (including phenoxy) is 2. The first kappa shape index (κ1) is 35.5. The fraction of sp³-hybridized carbons (Fsp3) is 0.294. The fourth-order valence-electron chi connectivity index (χ4n) is 5.91. The molecule has 10 heteroatoms. The zero-order valence-corrected chi connectivity index (χ0v) is 28.7. The summed E-state index contributed by atoms with van der Waals surface area (Å²) in [4.78, 5) is 0. The second-order valence-corrected chi connectivity index (χ2v) is 10.9. The maximum absolute atomic E-state index is 14.5. The van der Waals surface area contributed by atoms with Crippen LogP contribution in [0.4, 0.5) is 26.3 Å². The summed E-state index contributed by atoms with van der Waals surface area (Å²) >= 11 is 7.09. The van der Waals surface area contributed by atoms with Gasteiger partial charge < -0.3 is 9.47 Å². The Morgan fingerprint density at radius 1 is 0.500 bits per heavy atom. The molecular formula is C34H32Br2F6O2. The van der Waals surface area contributed by atoms with E-state index < -0.39 is 34.9 Å². The van der Waals surface area contributed by atoms with Gasteiger partial charge in [-0.25, -0.2) is 26.3 Å². The summed E-state index contributed by atoms with van der Waals surface area (Å²) in [6, 6.07) is 3.70. The van der Waals surface area contributed by atoms with Gasteiger partial charge in [0.25, 0.3) is 0 Å². The van der Waals surface area contributed by atoms with E-state index in [0.717, 1.165) is 24.3 Å². The predicted molar refractivity (Wildman–Crippen MR) is 171 cm³/mol. The fourth-order valence-corrected chi connectivity index (χ4v) is 7.03. The first-order valence-electron chi connectivity index (χ1n) is 13.7. The third-order valence-electron chi connectivity index (χ3n) is 7.54. The van der Waals surface area contributed by atoms with Crippen molar-refractivity contribution in [1.29, 1.82) is 0 Å². The summed E-state index contributed by atoms with van der Waals surface area (Å²) in [6.07, 6.45) is 0. The average Bonchev–Trinajstić information content (AvgIpc) is 2.99. The molecule has 0 aliphatic carbocycles. The SMILES string of the molecule is CC.COc1c(C)c(-c2cc(F)c(F)c(F)c2)c(CBr)c(-c2c(C)c(OC)c(C)c(-c3cc(F)c(F)c(F)c3)c2CBr)c1C. The molecule has 236 valence electrons. The molecule has 0 spiro atoms. The quantitative estimate of drug-likeness (QED) is 0.107. The van der Waals surface area contributed by atoms with Crippen LogP contribution in [-0.4, -0.2) is 14.2 Å². The second-order valence-electron chi connectivity index (χ2n) is 9.80. The van der Waals surface area contributed by atoms with Crippen LogP contribution < -0.4 is 9.47 Å². The van der Waals surface area contributed by atoms with Crippen molar-refractivity contribution >= 4 is 31.9 Å². The summed E-state index contributed by atoms with van der Waals surface area (Å²) in [5, 5.41) is 0.410. The molecule has 2 nitrogen and oxygen atoms in total. The van der Waals surface area contributed by atoms with Gasteiger partial charge in [-0.05, 0) is 119 Å². The highest BCUT2D eigenvalue weighted by Crippen LogP contribution is 2.51. The van der Waals surface area contributed by atoms with Crippen molar-refractivity contribution in [2.75, 3.05) is 14.2 Å². The van der Waals surface area contributed by atoms with Crippen LogP contribution in [0.25, 0.3) is 33.4 Å². The third-order valence-corrected chi connectivity index (χ3v) is 8.66. The second kappa shape index (κ2) is 14.4. The lowest BCUT2D eigenvalue weighted by atomic mass is 9.79. The molecule has 0 unspecified atom stereocenters. The molecule has 0 aromatic heterocycles. The van der Waals surface area contributed by atoms with Crippen LogP contribution >= 0.6 is 31.9 Å². The molecule has 0 aliphatic rings. The third kappa shape index (κ3) is 5.99. The van der Waals surface area contributed by atoms with Gasteiger partial charge in [0.05, 0.1) is 14.2 Å². The molecular weight excluding hydrogens is 714 g/mol. The Hall–Kier alpha value is -2.98. The van der Waals surface area contributed by atoms with Crippen LogP contribution in [0.15, 0.2) is 24.3 Å². The van der Waals surface area contributed by atoms with Gasteiger partial charge in [0.1, 0.15) is 11.5 Å². The highest BCUT2D eigenvalue weighted by molar-refractivity contribution is 9.08. The van der Waals surface area contributed by atoms with Gasteiger partial charge >= 0.3 is 0 Å². The van der Waals surface area contributed by atoms with E-state index in [4.69, 9.17) is 9.47 Å². The van der Waals surface area contributed by atoms with Crippen molar-refractivity contribution in [1.82, 2.24) is 0 Å². The minimum Gasteiger partial charge on any atom is -0.496 e. The molecule has 4 aromatic rings. The Morgan fingerprint density at radius 3 is 0.977 bits per heavy atom. The Labute approximate surface area is 270 Å². The van der Waals surface area contributed by atoms with Gasteiger partial charge in [0.2, 0.25) is 0 Å². The van der Waals surface area contributed by atoms with Gasteiger partial charge in [-0.3, -0.25) is 0 Å². The predicted octanol–water partition coefficient (Wildman–Crippen LogP) is 11.6. The number of methoxy groups -OCH3 is 2. The van der Waals surface area contributed by atoms with Crippen LogP contribution in [0.3, 0.4) is 0 Å². The van der Waals surface area contributed by atoms with Crippen LogP contribution in [0.2, 0.25) is 0 Å². The molecule has 0 radical (unpaired) electrons.